The van der Waals surface area contributed by atoms with Crippen LogP contribution < -0.4 is 0 Å². The molecule has 0 aliphatic heterocycles. The smallest absolute Gasteiger partial charge is 0.150 e. The van der Waals surface area contributed by atoms with Gasteiger partial charge in [-0.05, 0) is 17.7 Å². The molecule has 3 nitrogen and oxygen atoms in total. The zero-order valence-electron chi connectivity index (χ0n) is 10.4. The lowest BCUT2D eigenvalue weighted by Crippen LogP contribution is -1.87. The monoisotopic (exact) mass is 264 g/mol. The molecule has 0 spiro atoms. The van der Waals surface area contributed by atoms with Gasteiger partial charge in [0.2, 0.25) is 0 Å². The number of hydrogen-bond acceptors (Lipinski definition) is 2. The summed E-state index contributed by atoms with van der Waals surface area (Å²) in [5, 5.41) is 9.70. The zero-order valence-corrected chi connectivity index (χ0v) is 10.4. The number of carbonyl (C=O) groups excluding carboxylic acids is 1. The third kappa shape index (κ3) is 1.86. The van der Waals surface area contributed by atoms with Gasteiger partial charge in [-0.15, -0.1) is 0 Å². The fourth-order valence-corrected chi connectivity index (χ4v) is 2.20. The van der Waals surface area contributed by atoms with Crippen molar-refractivity contribution < 1.29 is 9.18 Å². The van der Waals surface area contributed by atoms with Crippen LogP contribution in [0.3, 0.4) is 0 Å². The fourth-order valence-electron chi connectivity index (χ4n) is 2.20. The molecule has 0 atom stereocenters. The van der Waals surface area contributed by atoms with Crippen LogP contribution in [0.15, 0.2) is 42.6 Å². The van der Waals surface area contributed by atoms with E-state index in [1.54, 1.807) is 36.5 Å². The van der Waals surface area contributed by atoms with Crippen LogP contribution in [0, 0.1) is 17.1 Å². The van der Waals surface area contributed by atoms with E-state index in [-0.39, 0.29) is 5.82 Å². The highest BCUT2D eigenvalue weighted by molar-refractivity contribution is 5.90. The number of carbonyl (C=O) groups is 1. The third-order valence-electron chi connectivity index (χ3n) is 3.25. The van der Waals surface area contributed by atoms with Crippen molar-refractivity contribution in [1.82, 2.24) is 4.98 Å². The van der Waals surface area contributed by atoms with E-state index in [2.05, 4.69) is 11.1 Å². The van der Waals surface area contributed by atoms with Gasteiger partial charge in [0.1, 0.15) is 18.2 Å². The van der Waals surface area contributed by atoms with Gasteiger partial charge < -0.3 is 4.98 Å². The van der Waals surface area contributed by atoms with Crippen molar-refractivity contribution in [2.24, 2.45) is 0 Å². The molecule has 0 aliphatic rings. The molecule has 1 N–H and O–H groups in total. The minimum absolute atomic E-state index is 0.373. The zero-order chi connectivity index (χ0) is 14.1. The molecule has 0 bridgehead atoms. The van der Waals surface area contributed by atoms with Gasteiger partial charge in [-0.2, -0.15) is 5.26 Å². The lowest BCUT2D eigenvalue weighted by Gasteiger charge is -2.04. The van der Waals surface area contributed by atoms with Crippen molar-refractivity contribution in [3.8, 4) is 17.2 Å². The largest absolute Gasteiger partial charge is 0.360 e. The summed E-state index contributed by atoms with van der Waals surface area (Å²) in [6.07, 6.45) is 2.30. The van der Waals surface area contributed by atoms with Crippen LogP contribution in [-0.2, 0) is 0 Å². The van der Waals surface area contributed by atoms with E-state index in [0.29, 0.717) is 33.2 Å². The maximum absolute atomic E-state index is 14.1. The number of rotatable bonds is 2. The molecular formula is C16H9FN2O. The normalized spacial score (nSPS) is 10.4. The van der Waals surface area contributed by atoms with Crippen LogP contribution in [0.2, 0.25) is 0 Å². The summed E-state index contributed by atoms with van der Waals surface area (Å²) >= 11 is 0. The van der Waals surface area contributed by atoms with Gasteiger partial charge in [0.15, 0.2) is 0 Å². The number of fused-ring (bicyclic) bond motifs is 1. The van der Waals surface area contributed by atoms with Crippen molar-refractivity contribution in [3.05, 3.63) is 59.5 Å². The first-order chi connectivity index (χ1) is 9.72. The van der Waals surface area contributed by atoms with E-state index >= 15 is 0 Å². The quantitative estimate of drug-likeness (QED) is 0.718. The number of benzene rings is 2. The number of aromatic amines is 1. The third-order valence-corrected chi connectivity index (χ3v) is 3.25. The molecule has 0 aliphatic carbocycles. The molecule has 0 saturated heterocycles. The minimum Gasteiger partial charge on any atom is -0.360 e. The number of nitriles is 1. The van der Waals surface area contributed by atoms with Gasteiger partial charge in [0.25, 0.3) is 0 Å². The molecule has 20 heavy (non-hydrogen) atoms. The average Bonchev–Trinajstić information content (AvgIpc) is 2.88. The Balaban J connectivity index is 2.21. The second-order valence-corrected chi connectivity index (χ2v) is 4.43. The molecule has 96 valence electrons. The van der Waals surface area contributed by atoms with Gasteiger partial charge in [-0.3, -0.25) is 4.79 Å². The highest BCUT2D eigenvalue weighted by Gasteiger charge is 2.11. The van der Waals surface area contributed by atoms with Gasteiger partial charge >= 0.3 is 0 Å². The Hall–Kier alpha value is -2.93. The van der Waals surface area contributed by atoms with Crippen LogP contribution in [0.4, 0.5) is 4.39 Å². The second kappa shape index (κ2) is 4.63. The number of aromatic nitrogens is 1. The number of aldehydes is 1. The number of hydrogen-bond donors (Lipinski definition) is 1. The maximum atomic E-state index is 14.1. The number of halogens is 1. The molecule has 0 unspecified atom stereocenters. The second-order valence-electron chi connectivity index (χ2n) is 4.43. The summed E-state index contributed by atoms with van der Waals surface area (Å²) in [7, 11) is 0. The topological polar surface area (TPSA) is 56.6 Å². The van der Waals surface area contributed by atoms with Crippen LogP contribution >= 0.6 is 0 Å². The Labute approximate surface area is 114 Å². The standard InChI is InChI=1S/C16H9FN2O/c17-15-6-16-14(12(7-18)8-19-16)5-13(15)11-3-1-10(9-20)2-4-11/h1-6,8-9,19H. The highest BCUT2D eigenvalue weighted by atomic mass is 19.1. The number of nitrogens with zero attached hydrogens (tertiary/aromatic N) is 1. The molecule has 3 rings (SSSR count). The molecule has 2 aromatic carbocycles. The lowest BCUT2D eigenvalue weighted by molar-refractivity contribution is 0.112. The molecule has 4 heteroatoms. The first kappa shape index (κ1) is 12.1. The molecule has 0 fully saturated rings. The number of nitrogens with one attached hydrogen (secondary N) is 1. The summed E-state index contributed by atoms with van der Waals surface area (Å²) in [6, 6.07) is 11.7. The molecular weight excluding hydrogens is 255 g/mol. The van der Waals surface area contributed by atoms with E-state index in [0.717, 1.165) is 6.29 Å². The Morgan fingerprint density at radius 1 is 1.20 bits per heavy atom. The predicted octanol–water partition coefficient (Wildman–Crippen LogP) is 3.66. The SMILES string of the molecule is N#Cc1c[nH]c2cc(F)c(-c3ccc(C=O)cc3)cc12. The van der Waals surface area contributed by atoms with Gasteiger partial charge in [-0.25, -0.2) is 4.39 Å². The highest BCUT2D eigenvalue weighted by Crippen LogP contribution is 2.29. The lowest BCUT2D eigenvalue weighted by atomic mass is 10.0. The van der Waals surface area contributed by atoms with E-state index in [9.17, 15) is 9.18 Å². The van der Waals surface area contributed by atoms with Gasteiger partial charge in [0, 0.05) is 28.2 Å². The van der Waals surface area contributed by atoms with Crippen LogP contribution in [0.5, 0.6) is 0 Å². The Bertz CT molecular complexity index is 841. The molecule has 1 heterocycles. The van der Waals surface area contributed by atoms with E-state index in [1.807, 2.05) is 0 Å². The first-order valence-electron chi connectivity index (χ1n) is 5.99. The predicted molar refractivity (Wildman–Crippen MR) is 73.8 cm³/mol. The summed E-state index contributed by atoms with van der Waals surface area (Å²) in [6.45, 7) is 0. The van der Waals surface area contributed by atoms with Crippen LogP contribution in [-0.4, -0.2) is 11.3 Å². The van der Waals surface area contributed by atoms with Crippen molar-refractivity contribution in [1.29, 1.82) is 5.26 Å². The van der Waals surface area contributed by atoms with Crippen molar-refractivity contribution >= 4 is 17.2 Å². The van der Waals surface area contributed by atoms with E-state index in [1.165, 1.54) is 6.07 Å². The minimum atomic E-state index is -0.373. The summed E-state index contributed by atoms with van der Waals surface area (Å²) < 4.78 is 14.1. The van der Waals surface area contributed by atoms with Crippen molar-refractivity contribution in [3.63, 3.8) is 0 Å². The Morgan fingerprint density at radius 2 is 1.95 bits per heavy atom. The molecule has 1 aromatic heterocycles. The van der Waals surface area contributed by atoms with Crippen LogP contribution in [0.1, 0.15) is 15.9 Å². The maximum Gasteiger partial charge on any atom is 0.150 e. The average molecular weight is 264 g/mol. The molecule has 3 aromatic rings. The summed E-state index contributed by atoms with van der Waals surface area (Å²) in [5.74, 6) is -0.373. The Morgan fingerprint density at radius 3 is 2.60 bits per heavy atom. The Kier molecular flexibility index (Phi) is 2.81. The van der Waals surface area contributed by atoms with Crippen molar-refractivity contribution in [2.45, 2.75) is 0 Å². The summed E-state index contributed by atoms with van der Waals surface area (Å²) in [5.41, 5.74) is 2.68. The number of H-pyrrole nitrogens is 1. The van der Waals surface area contributed by atoms with Gasteiger partial charge in [-0.1, -0.05) is 24.3 Å². The molecule has 0 saturated carbocycles. The fraction of sp³-hybridized carbons (Fsp3) is 0. The van der Waals surface area contributed by atoms with E-state index in [4.69, 9.17) is 5.26 Å². The first-order valence-corrected chi connectivity index (χ1v) is 5.99. The van der Waals surface area contributed by atoms with Crippen molar-refractivity contribution in [2.75, 3.05) is 0 Å². The molecule has 0 radical (unpaired) electrons. The van der Waals surface area contributed by atoms with E-state index < -0.39 is 0 Å². The van der Waals surface area contributed by atoms with Crippen LogP contribution in [0.25, 0.3) is 22.0 Å². The van der Waals surface area contributed by atoms with Gasteiger partial charge in [0.05, 0.1) is 5.56 Å². The summed E-state index contributed by atoms with van der Waals surface area (Å²) in [4.78, 5) is 13.5. The molecule has 0 amide bonds.